The monoisotopic (exact) mass is 492 g/mol. The number of carbonyl (C=O) groups excluding carboxylic acids is 2. The van der Waals surface area contributed by atoms with Gasteiger partial charge in [0.05, 0.1) is 25.2 Å². The zero-order chi connectivity index (χ0) is 24.7. The number of anilines is 1. The third-order valence-electron chi connectivity index (χ3n) is 4.95. The lowest BCUT2D eigenvalue weighted by molar-refractivity contribution is -0.150. The first-order valence-electron chi connectivity index (χ1n) is 10.7. The van der Waals surface area contributed by atoms with E-state index < -0.39 is 40.5 Å². The third-order valence-corrected chi connectivity index (χ3v) is 6.41. The van der Waals surface area contributed by atoms with Gasteiger partial charge in [0, 0.05) is 18.2 Å². The van der Waals surface area contributed by atoms with Crippen LogP contribution in [0, 0.1) is 5.92 Å². The standard InChI is InChI=1S/C23H28N2O8S/c1-15(2)22(25-34(28,29)18-8-6-17(30-3)7-9-18)23(27)33-14-21(26)24-16-5-10-19-20(13-16)32-12-4-11-31-19/h5-10,13,15,22,25H,4,11-12,14H2,1-3H3,(H,24,26). The normalized spacial score (nSPS) is 14.1. The van der Waals surface area contributed by atoms with E-state index >= 15 is 0 Å². The van der Waals surface area contributed by atoms with Crippen molar-refractivity contribution < 1.29 is 37.0 Å². The highest BCUT2D eigenvalue weighted by atomic mass is 32.2. The Bertz CT molecular complexity index is 1120. The van der Waals surface area contributed by atoms with Crippen LogP contribution in [0.2, 0.25) is 0 Å². The number of methoxy groups -OCH3 is 1. The Labute approximate surface area is 198 Å². The lowest BCUT2D eigenvalue weighted by Gasteiger charge is -2.21. The molecular formula is C23H28N2O8S. The lowest BCUT2D eigenvalue weighted by Crippen LogP contribution is -2.45. The Balaban J connectivity index is 1.59. The Morgan fingerprint density at radius 1 is 1.03 bits per heavy atom. The molecule has 2 aromatic rings. The van der Waals surface area contributed by atoms with Gasteiger partial charge in [0.25, 0.3) is 5.91 Å². The van der Waals surface area contributed by atoms with Gasteiger partial charge in [-0.1, -0.05) is 13.8 Å². The fourth-order valence-electron chi connectivity index (χ4n) is 3.11. The quantitative estimate of drug-likeness (QED) is 0.511. The minimum Gasteiger partial charge on any atom is -0.497 e. The van der Waals surface area contributed by atoms with E-state index in [1.807, 2.05) is 0 Å². The minimum absolute atomic E-state index is 0.0288. The highest BCUT2D eigenvalue weighted by Crippen LogP contribution is 2.32. The Morgan fingerprint density at radius 3 is 2.35 bits per heavy atom. The highest BCUT2D eigenvalue weighted by molar-refractivity contribution is 7.89. The van der Waals surface area contributed by atoms with Crippen LogP contribution in [0.1, 0.15) is 20.3 Å². The molecule has 0 spiro atoms. The van der Waals surface area contributed by atoms with Crippen molar-refractivity contribution in [3.05, 3.63) is 42.5 Å². The van der Waals surface area contributed by atoms with E-state index in [4.69, 9.17) is 18.9 Å². The van der Waals surface area contributed by atoms with Crippen LogP contribution in [0.4, 0.5) is 5.69 Å². The van der Waals surface area contributed by atoms with Gasteiger partial charge in [0.1, 0.15) is 11.8 Å². The topological polar surface area (TPSA) is 129 Å². The van der Waals surface area contributed by atoms with E-state index in [0.717, 1.165) is 6.42 Å². The molecule has 1 amide bonds. The Hall–Kier alpha value is -3.31. The average Bonchev–Trinajstić information content (AvgIpc) is 3.06. The molecule has 1 heterocycles. The first-order valence-corrected chi connectivity index (χ1v) is 12.2. The zero-order valence-corrected chi connectivity index (χ0v) is 20.0. The second kappa shape index (κ2) is 11.2. The van der Waals surface area contributed by atoms with Crippen LogP contribution < -0.4 is 24.2 Å². The van der Waals surface area contributed by atoms with Gasteiger partial charge in [0.2, 0.25) is 10.0 Å². The Morgan fingerprint density at radius 2 is 1.71 bits per heavy atom. The molecule has 0 saturated carbocycles. The van der Waals surface area contributed by atoms with Crippen molar-refractivity contribution in [2.45, 2.75) is 31.2 Å². The number of esters is 1. The van der Waals surface area contributed by atoms with Crippen LogP contribution in [0.25, 0.3) is 0 Å². The SMILES string of the molecule is COc1ccc(S(=O)(=O)NC(C(=O)OCC(=O)Nc2ccc3c(c2)OCCCO3)C(C)C)cc1. The van der Waals surface area contributed by atoms with Crippen LogP contribution in [-0.2, 0) is 24.3 Å². The maximum atomic E-state index is 12.7. The van der Waals surface area contributed by atoms with E-state index in [1.54, 1.807) is 32.0 Å². The number of carbonyl (C=O) groups is 2. The minimum atomic E-state index is -4.01. The summed E-state index contributed by atoms with van der Waals surface area (Å²) in [4.78, 5) is 24.9. The molecule has 0 fully saturated rings. The van der Waals surface area contributed by atoms with Gasteiger partial charge >= 0.3 is 5.97 Å². The van der Waals surface area contributed by atoms with E-state index in [2.05, 4.69) is 10.0 Å². The molecular weight excluding hydrogens is 464 g/mol. The molecule has 0 bridgehead atoms. The number of amides is 1. The van der Waals surface area contributed by atoms with Crippen molar-refractivity contribution in [2.24, 2.45) is 5.92 Å². The molecule has 3 rings (SSSR count). The highest BCUT2D eigenvalue weighted by Gasteiger charge is 2.30. The molecule has 11 heteroatoms. The fraction of sp³-hybridized carbons (Fsp3) is 0.391. The summed E-state index contributed by atoms with van der Waals surface area (Å²) in [6.07, 6.45) is 0.756. The summed E-state index contributed by atoms with van der Waals surface area (Å²) in [5.74, 6) is -0.265. The summed E-state index contributed by atoms with van der Waals surface area (Å²) in [6, 6.07) is 9.51. The summed E-state index contributed by atoms with van der Waals surface area (Å²) in [5, 5.41) is 2.62. The molecule has 0 saturated heterocycles. The number of hydrogen-bond acceptors (Lipinski definition) is 8. The summed E-state index contributed by atoms with van der Waals surface area (Å²) in [6.45, 7) is 3.81. The van der Waals surface area contributed by atoms with Gasteiger partial charge in [-0.25, -0.2) is 8.42 Å². The maximum Gasteiger partial charge on any atom is 0.324 e. The van der Waals surface area contributed by atoms with Crippen molar-refractivity contribution in [3.8, 4) is 17.2 Å². The largest absolute Gasteiger partial charge is 0.497 e. The van der Waals surface area contributed by atoms with Gasteiger partial charge < -0.3 is 24.3 Å². The van der Waals surface area contributed by atoms with Crippen molar-refractivity contribution in [2.75, 3.05) is 32.2 Å². The van der Waals surface area contributed by atoms with E-state index in [-0.39, 0.29) is 4.90 Å². The first kappa shape index (κ1) is 25.3. The molecule has 2 aromatic carbocycles. The van der Waals surface area contributed by atoms with Crippen LogP contribution in [0.15, 0.2) is 47.4 Å². The molecule has 1 atom stereocenters. The van der Waals surface area contributed by atoms with Crippen LogP contribution >= 0.6 is 0 Å². The maximum absolute atomic E-state index is 12.7. The van der Waals surface area contributed by atoms with Crippen molar-refractivity contribution >= 4 is 27.6 Å². The summed E-state index contributed by atoms with van der Waals surface area (Å²) >= 11 is 0. The average molecular weight is 493 g/mol. The number of hydrogen-bond donors (Lipinski definition) is 2. The van der Waals surface area contributed by atoms with Crippen LogP contribution in [0.3, 0.4) is 0 Å². The number of fused-ring (bicyclic) bond motifs is 1. The Kier molecular flexibility index (Phi) is 8.35. The van der Waals surface area contributed by atoms with Gasteiger partial charge in [-0.3, -0.25) is 9.59 Å². The van der Waals surface area contributed by atoms with Gasteiger partial charge in [-0.2, -0.15) is 4.72 Å². The fourth-order valence-corrected chi connectivity index (χ4v) is 4.44. The second-order valence-corrected chi connectivity index (χ2v) is 9.60. The number of benzene rings is 2. The van der Waals surface area contributed by atoms with E-state index in [9.17, 15) is 18.0 Å². The molecule has 2 N–H and O–H groups in total. The van der Waals surface area contributed by atoms with Crippen molar-refractivity contribution in [1.29, 1.82) is 0 Å². The number of nitrogens with one attached hydrogen (secondary N) is 2. The molecule has 1 aliphatic rings. The summed E-state index contributed by atoms with van der Waals surface area (Å²) in [7, 11) is -2.54. The smallest absolute Gasteiger partial charge is 0.324 e. The molecule has 1 unspecified atom stereocenters. The van der Waals surface area contributed by atoms with Crippen LogP contribution in [0.5, 0.6) is 17.2 Å². The van der Waals surface area contributed by atoms with Crippen LogP contribution in [-0.4, -0.2) is 53.3 Å². The molecule has 34 heavy (non-hydrogen) atoms. The molecule has 10 nitrogen and oxygen atoms in total. The zero-order valence-electron chi connectivity index (χ0n) is 19.2. The molecule has 0 aliphatic carbocycles. The number of sulfonamides is 1. The second-order valence-electron chi connectivity index (χ2n) is 7.89. The molecule has 184 valence electrons. The van der Waals surface area contributed by atoms with Crippen molar-refractivity contribution in [1.82, 2.24) is 4.72 Å². The number of rotatable bonds is 9. The molecule has 1 aliphatic heterocycles. The van der Waals surface area contributed by atoms with E-state index in [0.29, 0.717) is 36.1 Å². The third kappa shape index (κ3) is 6.61. The van der Waals surface area contributed by atoms with Gasteiger partial charge in [0.15, 0.2) is 18.1 Å². The van der Waals surface area contributed by atoms with Crippen molar-refractivity contribution in [3.63, 3.8) is 0 Å². The predicted octanol–water partition coefficient (Wildman–Crippen LogP) is 2.34. The van der Waals surface area contributed by atoms with Gasteiger partial charge in [-0.05, 0) is 42.3 Å². The number of ether oxygens (including phenoxy) is 4. The first-order chi connectivity index (χ1) is 16.2. The summed E-state index contributed by atoms with van der Waals surface area (Å²) < 4.78 is 49.0. The summed E-state index contributed by atoms with van der Waals surface area (Å²) in [5.41, 5.74) is 0.450. The van der Waals surface area contributed by atoms with Gasteiger partial charge in [-0.15, -0.1) is 0 Å². The van der Waals surface area contributed by atoms with E-state index in [1.165, 1.54) is 31.4 Å². The predicted molar refractivity (Wildman–Crippen MR) is 124 cm³/mol. The lowest BCUT2D eigenvalue weighted by atomic mass is 10.1. The molecule has 0 radical (unpaired) electrons. The molecule has 0 aromatic heterocycles.